The molecule has 0 bridgehead atoms. The molecule has 1 rings (SSSR count). The zero-order chi connectivity index (χ0) is 11.3. The molecule has 0 aromatic carbocycles. The summed E-state index contributed by atoms with van der Waals surface area (Å²) in [5.74, 6) is -0.127. The Morgan fingerprint density at radius 3 is 2.73 bits per heavy atom. The van der Waals surface area contributed by atoms with Crippen LogP contribution >= 0.6 is 0 Å². The third-order valence-corrected chi connectivity index (χ3v) is 2.64. The highest BCUT2D eigenvalue weighted by molar-refractivity contribution is 5.93. The van der Waals surface area contributed by atoms with Gasteiger partial charge in [0.2, 0.25) is 11.8 Å². The van der Waals surface area contributed by atoms with Gasteiger partial charge in [0, 0.05) is 13.6 Å². The van der Waals surface area contributed by atoms with Crippen molar-refractivity contribution in [2.75, 3.05) is 13.6 Å². The van der Waals surface area contributed by atoms with Crippen LogP contribution in [0.1, 0.15) is 26.2 Å². The van der Waals surface area contributed by atoms with E-state index in [9.17, 15) is 9.59 Å². The highest BCUT2D eigenvalue weighted by Gasteiger charge is 2.30. The lowest BCUT2D eigenvalue weighted by atomic mass is 10.0. The van der Waals surface area contributed by atoms with Gasteiger partial charge in [0.15, 0.2) is 0 Å². The molecule has 0 aliphatic carbocycles. The number of carbonyl (C=O) groups excluding carboxylic acids is 2. The van der Waals surface area contributed by atoms with Crippen LogP contribution in [0.3, 0.4) is 0 Å². The number of likely N-dealkylation sites (tertiary alicyclic amines) is 1. The van der Waals surface area contributed by atoms with Crippen molar-refractivity contribution in [2.24, 2.45) is 0 Å². The molecule has 1 unspecified atom stereocenters. The summed E-state index contributed by atoms with van der Waals surface area (Å²) in [5.41, 5.74) is 0. The summed E-state index contributed by atoms with van der Waals surface area (Å²) in [4.78, 5) is 24.9. The van der Waals surface area contributed by atoms with E-state index < -0.39 is 0 Å². The minimum atomic E-state index is -0.285. The van der Waals surface area contributed by atoms with Gasteiger partial charge < -0.3 is 10.2 Å². The first-order valence-corrected chi connectivity index (χ1v) is 5.35. The van der Waals surface area contributed by atoms with Crippen LogP contribution in [0.5, 0.6) is 0 Å². The summed E-state index contributed by atoms with van der Waals surface area (Å²) in [7, 11) is 1.61. The van der Waals surface area contributed by atoms with Crippen molar-refractivity contribution in [2.45, 2.75) is 32.2 Å². The van der Waals surface area contributed by atoms with Gasteiger partial charge in [-0.15, -0.1) is 0 Å². The summed E-state index contributed by atoms with van der Waals surface area (Å²) in [5, 5.41) is 2.60. The molecular weight excluding hydrogens is 192 g/mol. The molecule has 1 N–H and O–H groups in total. The van der Waals surface area contributed by atoms with Crippen molar-refractivity contribution >= 4 is 11.8 Å². The first kappa shape index (κ1) is 11.8. The van der Waals surface area contributed by atoms with E-state index in [1.807, 2.05) is 0 Å². The van der Waals surface area contributed by atoms with Gasteiger partial charge in [0.25, 0.3) is 0 Å². The van der Waals surface area contributed by atoms with E-state index in [1.54, 1.807) is 24.9 Å². The van der Waals surface area contributed by atoms with Gasteiger partial charge in [-0.1, -0.05) is 6.08 Å². The first-order chi connectivity index (χ1) is 7.20. The quantitative estimate of drug-likeness (QED) is 0.682. The Balaban J connectivity index is 2.73. The zero-order valence-corrected chi connectivity index (χ0v) is 9.32. The van der Waals surface area contributed by atoms with Gasteiger partial charge in [-0.25, -0.2) is 0 Å². The summed E-state index contributed by atoms with van der Waals surface area (Å²) in [6, 6.07) is -0.285. The Hall–Kier alpha value is -1.32. The van der Waals surface area contributed by atoms with Crippen LogP contribution in [-0.4, -0.2) is 36.3 Å². The topological polar surface area (TPSA) is 49.4 Å². The fourth-order valence-electron chi connectivity index (χ4n) is 1.87. The van der Waals surface area contributed by atoms with E-state index in [0.29, 0.717) is 6.54 Å². The number of amides is 2. The Kier molecular flexibility index (Phi) is 4.34. The Labute approximate surface area is 90.3 Å². The van der Waals surface area contributed by atoms with Crippen molar-refractivity contribution in [3.05, 3.63) is 12.2 Å². The molecule has 15 heavy (non-hydrogen) atoms. The van der Waals surface area contributed by atoms with Crippen LogP contribution in [0.15, 0.2) is 12.2 Å². The van der Waals surface area contributed by atoms with E-state index in [-0.39, 0.29) is 17.9 Å². The largest absolute Gasteiger partial charge is 0.357 e. The number of allylic oxidation sites excluding steroid dienone is 1. The van der Waals surface area contributed by atoms with Crippen LogP contribution in [-0.2, 0) is 9.59 Å². The average Bonchev–Trinajstić information content (AvgIpc) is 2.28. The lowest BCUT2D eigenvalue weighted by Crippen LogP contribution is -2.50. The standard InChI is InChI=1S/C11H18N2O2/c1-3-6-10(14)13-8-5-4-7-9(13)11(15)12-2/h3,6,9H,4-5,7-8H2,1-2H3,(H,12,15). The van der Waals surface area contributed by atoms with Crippen LogP contribution in [0.2, 0.25) is 0 Å². The first-order valence-electron chi connectivity index (χ1n) is 5.35. The number of likely N-dealkylation sites (N-methyl/N-ethyl adjacent to an activating group) is 1. The number of hydrogen-bond donors (Lipinski definition) is 1. The molecule has 0 radical (unpaired) electrons. The monoisotopic (exact) mass is 210 g/mol. The number of nitrogens with zero attached hydrogens (tertiary/aromatic N) is 1. The number of piperidine rings is 1. The number of rotatable bonds is 2. The van der Waals surface area contributed by atoms with Gasteiger partial charge in [-0.2, -0.15) is 0 Å². The number of carbonyl (C=O) groups is 2. The van der Waals surface area contributed by atoms with Crippen molar-refractivity contribution < 1.29 is 9.59 Å². The molecule has 84 valence electrons. The Bertz CT molecular complexity index is 274. The SMILES string of the molecule is CC=CC(=O)N1CCCCC1C(=O)NC. The molecule has 0 spiro atoms. The van der Waals surface area contributed by atoms with E-state index in [0.717, 1.165) is 19.3 Å². The summed E-state index contributed by atoms with van der Waals surface area (Å²) < 4.78 is 0. The maximum atomic E-state index is 11.7. The summed E-state index contributed by atoms with van der Waals surface area (Å²) >= 11 is 0. The highest BCUT2D eigenvalue weighted by atomic mass is 16.2. The number of nitrogens with one attached hydrogen (secondary N) is 1. The van der Waals surface area contributed by atoms with E-state index in [1.165, 1.54) is 6.08 Å². The van der Waals surface area contributed by atoms with Crippen LogP contribution in [0.25, 0.3) is 0 Å². The molecule has 1 aliphatic rings. The molecule has 0 aromatic heterocycles. The highest BCUT2D eigenvalue weighted by Crippen LogP contribution is 2.17. The van der Waals surface area contributed by atoms with E-state index >= 15 is 0 Å². The molecule has 1 saturated heterocycles. The van der Waals surface area contributed by atoms with Gasteiger partial charge >= 0.3 is 0 Å². The molecule has 1 heterocycles. The van der Waals surface area contributed by atoms with Gasteiger partial charge in [0.05, 0.1) is 0 Å². The Morgan fingerprint density at radius 2 is 2.13 bits per heavy atom. The molecule has 4 nitrogen and oxygen atoms in total. The van der Waals surface area contributed by atoms with Crippen LogP contribution in [0.4, 0.5) is 0 Å². The third-order valence-electron chi connectivity index (χ3n) is 2.64. The maximum Gasteiger partial charge on any atom is 0.246 e. The molecule has 0 saturated carbocycles. The van der Waals surface area contributed by atoms with E-state index in [4.69, 9.17) is 0 Å². The molecular formula is C11H18N2O2. The third kappa shape index (κ3) is 2.81. The van der Waals surface area contributed by atoms with Crippen molar-refractivity contribution in [1.82, 2.24) is 10.2 Å². The van der Waals surface area contributed by atoms with Gasteiger partial charge in [0.1, 0.15) is 6.04 Å². The fourth-order valence-corrected chi connectivity index (χ4v) is 1.87. The maximum absolute atomic E-state index is 11.7. The van der Waals surface area contributed by atoms with Crippen molar-refractivity contribution in [1.29, 1.82) is 0 Å². The van der Waals surface area contributed by atoms with Crippen LogP contribution < -0.4 is 5.32 Å². The number of hydrogen-bond acceptors (Lipinski definition) is 2. The van der Waals surface area contributed by atoms with Crippen molar-refractivity contribution in [3.8, 4) is 0 Å². The molecule has 4 heteroatoms. The lowest BCUT2D eigenvalue weighted by Gasteiger charge is -2.33. The molecule has 0 aromatic rings. The van der Waals surface area contributed by atoms with E-state index in [2.05, 4.69) is 5.32 Å². The van der Waals surface area contributed by atoms with Crippen molar-refractivity contribution in [3.63, 3.8) is 0 Å². The predicted molar refractivity (Wildman–Crippen MR) is 58.2 cm³/mol. The lowest BCUT2D eigenvalue weighted by molar-refractivity contribution is -0.138. The van der Waals surface area contributed by atoms with Crippen LogP contribution in [0, 0.1) is 0 Å². The zero-order valence-electron chi connectivity index (χ0n) is 9.32. The predicted octanol–water partition coefficient (Wildman–Crippen LogP) is 0.690. The molecule has 2 amide bonds. The second-order valence-electron chi connectivity index (χ2n) is 3.66. The summed E-state index contributed by atoms with van der Waals surface area (Å²) in [6.45, 7) is 2.48. The second-order valence-corrected chi connectivity index (χ2v) is 3.66. The molecule has 1 fully saturated rings. The normalized spacial score (nSPS) is 21.7. The summed E-state index contributed by atoms with van der Waals surface area (Å²) in [6.07, 6.45) is 5.98. The molecule has 1 atom stereocenters. The minimum Gasteiger partial charge on any atom is -0.357 e. The second kappa shape index (κ2) is 5.53. The van der Waals surface area contributed by atoms with Gasteiger partial charge in [-0.3, -0.25) is 9.59 Å². The fraction of sp³-hybridized carbons (Fsp3) is 0.636. The minimum absolute atomic E-state index is 0.0625. The average molecular weight is 210 g/mol. The Morgan fingerprint density at radius 1 is 1.40 bits per heavy atom. The smallest absolute Gasteiger partial charge is 0.246 e. The molecule has 1 aliphatic heterocycles. The van der Waals surface area contributed by atoms with Gasteiger partial charge in [-0.05, 0) is 32.3 Å².